The van der Waals surface area contributed by atoms with Crippen LogP contribution in [-0.4, -0.2) is 41.5 Å². The van der Waals surface area contributed by atoms with Gasteiger partial charge in [-0.1, -0.05) is 0 Å². The Morgan fingerprint density at radius 2 is 2.15 bits per heavy atom. The summed E-state index contributed by atoms with van der Waals surface area (Å²) in [5, 5.41) is 0. The molecule has 0 atom stereocenters. The third-order valence-electron chi connectivity index (χ3n) is 4.98. The van der Waals surface area contributed by atoms with Gasteiger partial charge >= 0.3 is 0 Å². The number of carbonyl (C=O) groups excluding carboxylic acids is 1. The van der Waals surface area contributed by atoms with Crippen LogP contribution >= 0.6 is 11.3 Å². The normalized spacial score (nSPS) is 13.6. The van der Waals surface area contributed by atoms with Crippen LogP contribution in [0.2, 0.25) is 0 Å². The molecule has 0 radical (unpaired) electrons. The third kappa shape index (κ3) is 3.33. The molecule has 0 aliphatic heterocycles. The topological polar surface area (TPSA) is 58.2 Å². The fraction of sp³-hybridized carbons (Fsp3) is 0.400. The summed E-state index contributed by atoms with van der Waals surface area (Å²) in [4.78, 5) is 24.7. The lowest BCUT2D eigenvalue weighted by Crippen LogP contribution is -2.28. The van der Waals surface area contributed by atoms with Crippen LogP contribution in [-0.2, 0) is 19.3 Å². The van der Waals surface area contributed by atoms with Crippen LogP contribution in [0.5, 0.6) is 5.75 Å². The number of aryl methyl sites for hydroxylation is 2. The van der Waals surface area contributed by atoms with Crippen LogP contribution in [0, 0.1) is 0 Å². The molecular weight excluding hydrogens is 346 g/mol. The van der Waals surface area contributed by atoms with Crippen LogP contribution in [0.3, 0.4) is 0 Å². The summed E-state index contributed by atoms with van der Waals surface area (Å²) in [6.07, 6.45) is 5.42. The number of likely N-dealkylation sites (N-methyl/N-ethyl adjacent to an activating group) is 1. The molecule has 0 saturated carbocycles. The number of H-pyrrole nitrogens is 1. The smallest absolute Gasteiger partial charge is 0.263 e. The lowest BCUT2D eigenvalue weighted by Gasteiger charge is -2.15. The molecule has 2 aromatic heterocycles. The second-order valence-electron chi connectivity index (χ2n) is 6.81. The van der Waals surface area contributed by atoms with Gasteiger partial charge in [0.05, 0.1) is 23.0 Å². The van der Waals surface area contributed by atoms with Crippen LogP contribution in [0.25, 0.3) is 11.0 Å². The zero-order valence-corrected chi connectivity index (χ0v) is 16.0. The lowest BCUT2D eigenvalue weighted by molar-refractivity contribution is 0.0801. The minimum absolute atomic E-state index is 0.113. The van der Waals surface area contributed by atoms with Gasteiger partial charge in [-0.05, 0) is 49.4 Å². The van der Waals surface area contributed by atoms with Crippen molar-refractivity contribution >= 4 is 28.3 Å². The first-order valence-corrected chi connectivity index (χ1v) is 9.85. The van der Waals surface area contributed by atoms with E-state index in [4.69, 9.17) is 4.74 Å². The average Bonchev–Trinajstić information content (AvgIpc) is 3.28. The molecule has 5 nitrogen and oxygen atoms in total. The second kappa shape index (κ2) is 7.11. The summed E-state index contributed by atoms with van der Waals surface area (Å²) in [6, 6.07) is 7.89. The molecule has 136 valence electrons. The van der Waals surface area contributed by atoms with E-state index in [-0.39, 0.29) is 5.91 Å². The minimum atomic E-state index is 0.113. The highest BCUT2D eigenvalue weighted by Gasteiger charge is 2.19. The van der Waals surface area contributed by atoms with Crippen molar-refractivity contribution in [2.75, 3.05) is 20.7 Å². The van der Waals surface area contributed by atoms with Gasteiger partial charge in [0.15, 0.2) is 0 Å². The first-order valence-electron chi connectivity index (χ1n) is 9.04. The van der Waals surface area contributed by atoms with Crippen molar-refractivity contribution in [1.82, 2.24) is 14.9 Å². The highest BCUT2D eigenvalue weighted by molar-refractivity contribution is 7.14. The number of carbonyl (C=O) groups is 1. The van der Waals surface area contributed by atoms with Gasteiger partial charge in [-0.3, -0.25) is 4.79 Å². The summed E-state index contributed by atoms with van der Waals surface area (Å²) >= 11 is 1.67. The lowest BCUT2D eigenvalue weighted by atomic mass is 9.99. The zero-order chi connectivity index (χ0) is 18.1. The third-order valence-corrected chi connectivity index (χ3v) is 6.20. The number of nitrogens with one attached hydrogen (secondary N) is 1. The van der Waals surface area contributed by atoms with E-state index in [9.17, 15) is 4.79 Å². The molecule has 0 spiro atoms. The fourth-order valence-corrected chi connectivity index (χ4v) is 4.69. The standard InChI is InChI=1S/C20H23N3O2S/c1-23(20(24)18-11-13-5-3-4-6-17(13)26-18)10-9-19-21-15-8-7-14(25-2)12-16(15)22-19/h7-8,11-12H,3-6,9-10H2,1-2H3,(H,21,22). The number of ether oxygens (including phenoxy) is 1. The minimum Gasteiger partial charge on any atom is -0.497 e. The number of benzene rings is 1. The number of fused-ring (bicyclic) bond motifs is 2. The molecule has 2 heterocycles. The van der Waals surface area contributed by atoms with Crippen LogP contribution < -0.4 is 4.74 Å². The number of imidazole rings is 1. The predicted molar refractivity (Wildman–Crippen MR) is 104 cm³/mol. The molecular formula is C20H23N3O2S. The molecule has 6 heteroatoms. The van der Waals surface area contributed by atoms with Gasteiger partial charge in [0.2, 0.25) is 0 Å². The molecule has 4 rings (SSSR count). The Morgan fingerprint density at radius 3 is 2.96 bits per heavy atom. The monoisotopic (exact) mass is 369 g/mol. The van der Waals surface area contributed by atoms with E-state index in [2.05, 4.69) is 16.0 Å². The largest absolute Gasteiger partial charge is 0.497 e. The van der Waals surface area contributed by atoms with Crippen molar-refractivity contribution in [3.05, 3.63) is 45.4 Å². The van der Waals surface area contributed by atoms with E-state index in [1.165, 1.54) is 23.3 Å². The van der Waals surface area contributed by atoms with E-state index in [1.54, 1.807) is 23.3 Å². The quantitative estimate of drug-likeness (QED) is 0.744. The first-order chi connectivity index (χ1) is 12.6. The van der Waals surface area contributed by atoms with Crippen molar-refractivity contribution in [3.63, 3.8) is 0 Å². The van der Waals surface area contributed by atoms with Gasteiger partial charge in [0, 0.05) is 31.0 Å². The molecule has 1 aliphatic rings. The number of aromatic amines is 1. The number of hydrogen-bond acceptors (Lipinski definition) is 4. The number of methoxy groups -OCH3 is 1. The Bertz CT molecular complexity index is 920. The maximum Gasteiger partial charge on any atom is 0.263 e. The first kappa shape index (κ1) is 17.1. The van der Waals surface area contributed by atoms with Gasteiger partial charge in [-0.25, -0.2) is 4.98 Å². The van der Waals surface area contributed by atoms with Crippen molar-refractivity contribution in [1.29, 1.82) is 0 Å². The summed E-state index contributed by atoms with van der Waals surface area (Å²) in [6.45, 7) is 0.637. The summed E-state index contributed by atoms with van der Waals surface area (Å²) < 4.78 is 5.25. The maximum atomic E-state index is 12.7. The van der Waals surface area contributed by atoms with Crippen LogP contribution in [0.4, 0.5) is 0 Å². The van der Waals surface area contributed by atoms with Crippen molar-refractivity contribution in [2.24, 2.45) is 0 Å². The molecule has 0 fully saturated rings. The SMILES string of the molecule is COc1ccc2nc(CCN(C)C(=O)c3cc4c(s3)CCCC4)[nH]c2c1. The van der Waals surface area contributed by atoms with Gasteiger partial charge < -0.3 is 14.6 Å². The number of thiophene rings is 1. The molecule has 1 aliphatic carbocycles. The molecule has 1 amide bonds. The zero-order valence-electron chi connectivity index (χ0n) is 15.2. The molecule has 3 aromatic rings. The maximum absolute atomic E-state index is 12.7. The van der Waals surface area contributed by atoms with E-state index in [1.807, 2.05) is 25.2 Å². The van der Waals surface area contributed by atoms with E-state index < -0.39 is 0 Å². The highest BCUT2D eigenvalue weighted by Crippen LogP contribution is 2.30. The predicted octanol–water partition coefficient (Wildman–Crippen LogP) is 3.83. The van der Waals surface area contributed by atoms with Crippen molar-refractivity contribution < 1.29 is 9.53 Å². The summed E-state index contributed by atoms with van der Waals surface area (Å²) in [5.74, 6) is 1.81. The number of hydrogen-bond donors (Lipinski definition) is 1. The van der Waals surface area contributed by atoms with Crippen molar-refractivity contribution in [3.8, 4) is 5.75 Å². The Labute approximate surface area is 157 Å². The summed E-state index contributed by atoms with van der Waals surface area (Å²) in [5.41, 5.74) is 3.25. The molecule has 26 heavy (non-hydrogen) atoms. The Kier molecular flexibility index (Phi) is 4.68. The molecule has 0 saturated heterocycles. The molecule has 0 unspecified atom stereocenters. The van der Waals surface area contributed by atoms with Crippen molar-refractivity contribution in [2.45, 2.75) is 32.1 Å². The fourth-order valence-electron chi connectivity index (χ4n) is 3.45. The molecule has 1 aromatic carbocycles. The highest BCUT2D eigenvalue weighted by atomic mass is 32.1. The van der Waals surface area contributed by atoms with Gasteiger partial charge in [0.25, 0.3) is 5.91 Å². The Balaban J connectivity index is 1.42. The van der Waals surface area contributed by atoms with E-state index in [0.717, 1.165) is 40.3 Å². The van der Waals surface area contributed by atoms with Gasteiger partial charge in [-0.2, -0.15) is 0 Å². The van der Waals surface area contributed by atoms with Gasteiger partial charge in [-0.15, -0.1) is 11.3 Å². The van der Waals surface area contributed by atoms with Crippen LogP contribution in [0.15, 0.2) is 24.3 Å². The second-order valence-corrected chi connectivity index (χ2v) is 7.95. The van der Waals surface area contributed by atoms with E-state index in [0.29, 0.717) is 13.0 Å². The Morgan fingerprint density at radius 1 is 1.31 bits per heavy atom. The number of rotatable bonds is 5. The molecule has 0 bridgehead atoms. The number of nitrogens with zero attached hydrogens (tertiary/aromatic N) is 2. The summed E-state index contributed by atoms with van der Waals surface area (Å²) in [7, 11) is 3.52. The number of aromatic nitrogens is 2. The Hall–Kier alpha value is -2.34. The van der Waals surface area contributed by atoms with E-state index >= 15 is 0 Å². The average molecular weight is 369 g/mol. The van der Waals surface area contributed by atoms with Gasteiger partial charge in [0.1, 0.15) is 11.6 Å². The molecule has 1 N–H and O–H groups in total. The number of amides is 1. The van der Waals surface area contributed by atoms with Crippen LogP contribution in [0.1, 0.15) is 38.8 Å².